The highest BCUT2D eigenvalue weighted by atomic mass is 16.6. The van der Waals surface area contributed by atoms with Crippen molar-refractivity contribution in [2.45, 2.75) is 33.3 Å². The summed E-state index contributed by atoms with van der Waals surface area (Å²) in [6.07, 6.45) is 1.16. The molecule has 0 radical (unpaired) electrons. The van der Waals surface area contributed by atoms with E-state index < -0.39 is 11.7 Å². The molecule has 2 rings (SSSR count). The molecule has 6 nitrogen and oxygen atoms in total. The van der Waals surface area contributed by atoms with Gasteiger partial charge in [-0.1, -0.05) is 6.07 Å². The Kier molecular flexibility index (Phi) is 5.97. The fourth-order valence-electron chi connectivity index (χ4n) is 2.18. The molecule has 0 unspecified atom stereocenters. The van der Waals surface area contributed by atoms with Gasteiger partial charge in [-0.05, 0) is 64.1 Å². The zero-order valence-corrected chi connectivity index (χ0v) is 16.2. The summed E-state index contributed by atoms with van der Waals surface area (Å²) in [4.78, 5) is 19.0. The molecule has 0 saturated carbocycles. The van der Waals surface area contributed by atoms with E-state index in [4.69, 9.17) is 4.74 Å². The number of aromatic nitrogens is 1. The molecule has 0 spiro atoms. The van der Waals surface area contributed by atoms with Crippen LogP contribution in [0, 0.1) is 0 Å². The Balaban J connectivity index is 2.40. The van der Waals surface area contributed by atoms with Crippen molar-refractivity contribution in [2.24, 2.45) is 5.10 Å². The summed E-state index contributed by atoms with van der Waals surface area (Å²) in [5.41, 5.74) is 2.36. The number of hydrazone groups is 1. The van der Waals surface area contributed by atoms with Gasteiger partial charge in [0, 0.05) is 26.0 Å². The molecule has 26 heavy (non-hydrogen) atoms. The minimum absolute atomic E-state index is 0.537. The predicted octanol–water partition coefficient (Wildman–Crippen LogP) is 4.31. The van der Waals surface area contributed by atoms with Gasteiger partial charge in [-0.3, -0.25) is 4.98 Å². The SMILES string of the molecule is CC(=NN(C(=O)OC(C)(C)C)c1ccc(N(C)C)cc1)c1ccccn1. The lowest BCUT2D eigenvalue weighted by Crippen LogP contribution is -2.34. The van der Waals surface area contributed by atoms with E-state index >= 15 is 0 Å². The normalized spacial score (nSPS) is 11.8. The van der Waals surface area contributed by atoms with Gasteiger partial charge >= 0.3 is 6.09 Å². The quantitative estimate of drug-likeness (QED) is 0.606. The number of nitrogens with zero attached hydrogens (tertiary/aromatic N) is 4. The second-order valence-electron chi connectivity index (χ2n) is 7.10. The summed E-state index contributed by atoms with van der Waals surface area (Å²) in [7, 11) is 3.92. The van der Waals surface area contributed by atoms with Crippen molar-refractivity contribution in [3.05, 3.63) is 54.4 Å². The number of ether oxygens (including phenoxy) is 1. The number of carbonyl (C=O) groups excluding carboxylic acids is 1. The molecule has 2 aromatic rings. The summed E-state index contributed by atoms with van der Waals surface area (Å²) in [5, 5.41) is 5.75. The van der Waals surface area contributed by atoms with Crippen molar-refractivity contribution in [2.75, 3.05) is 24.0 Å². The second kappa shape index (κ2) is 7.99. The summed E-state index contributed by atoms with van der Waals surface area (Å²) in [6.45, 7) is 7.29. The molecule has 0 N–H and O–H groups in total. The van der Waals surface area contributed by atoms with Crippen molar-refractivity contribution in [3.63, 3.8) is 0 Å². The average molecular weight is 354 g/mol. The Hall–Kier alpha value is -2.89. The van der Waals surface area contributed by atoms with Crippen LogP contribution < -0.4 is 9.91 Å². The molecular weight excluding hydrogens is 328 g/mol. The van der Waals surface area contributed by atoms with Crippen molar-refractivity contribution >= 4 is 23.2 Å². The van der Waals surface area contributed by atoms with Crippen LogP contribution in [0.3, 0.4) is 0 Å². The molecule has 0 bridgehead atoms. The van der Waals surface area contributed by atoms with E-state index in [2.05, 4.69) is 10.1 Å². The first-order valence-electron chi connectivity index (χ1n) is 8.44. The van der Waals surface area contributed by atoms with Crippen LogP contribution in [-0.4, -0.2) is 36.5 Å². The van der Waals surface area contributed by atoms with E-state index in [1.54, 1.807) is 6.20 Å². The Labute approximate surface area is 155 Å². The van der Waals surface area contributed by atoms with E-state index in [0.29, 0.717) is 17.1 Å². The molecule has 1 amide bonds. The highest BCUT2D eigenvalue weighted by Crippen LogP contribution is 2.22. The van der Waals surface area contributed by atoms with Gasteiger partial charge in [-0.2, -0.15) is 10.1 Å². The number of hydrogen-bond acceptors (Lipinski definition) is 5. The summed E-state index contributed by atoms with van der Waals surface area (Å²) >= 11 is 0. The third-order valence-corrected chi connectivity index (χ3v) is 3.46. The number of anilines is 2. The van der Waals surface area contributed by atoms with Gasteiger partial charge in [0.2, 0.25) is 0 Å². The maximum Gasteiger partial charge on any atom is 0.435 e. The maximum absolute atomic E-state index is 12.7. The number of pyridine rings is 1. The van der Waals surface area contributed by atoms with Gasteiger partial charge in [-0.15, -0.1) is 0 Å². The zero-order chi connectivity index (χ0) is 19.3. The maximum atomic E-state index is 12.7. The zero-order valence-electron chi connectivity index (χ0n) is 16.2. The van der Waals surface area contributed by atoms with Crippen molar-refractivity contribution in [1.29, 1.82) is 0 Å². The van der Waals surface area contributed by atoms with Gasteiger partial charge in [0.15, 0.2) is 0 Å². The molecule has 1 aromatic heterocycles. The molecule has 6 heteroatoms. The Bertz CT molecular complexity index is 763. The van der Waals surface area contributed by atoms with E-state index in [0.717, 1.165) is 5.69 Å². The molecule has 0 saturated heterocycles. The third-order valence-electron chi connectivity index (χ3n) is 3.46. The lowest BCUT2D eigenvalue weighted by molar-refractivity contribution is 0.0581. The average Bonchev–Trinajstić information content (AvgIpc) is 2.58. The Morgan fingerprint density at radius 1 is 1.04 bits per heavy atom. The number of rotatable bonds is 4. The van der Waals surface area contributed by atoms with E-state index in [1.807, 2.05) is 89.2 Å². The van der Waals surface area contributed by atoms with E-state index in [-0.39, 0.29) is 0 Å². The first-order chi connectivity index (χ1) is 12.2. The van der Waals surface area contributed by atoms with Gasteiger partial charge < -0.3 is 9.64 Å². The minimum Gasteiger partial charge on any atom is -0.442 e. The van der Waals surface area contributed by atoms with Gasteiger partial charge in [0.05, 0.1) is 17.1 Å². The topological polar surface area (TPSA) is 58.0 Å². The van der Waals surface area contributed by atoms with Crippen LogP contribution in [0.5, 0.6) is 0 Å². The van der Waals surface area contributed by atoms with Gasteiger partial charge in [-0.25, -0.2) is 4.79 Å². The van der Waals surface area contributed by atoms with E-state index in [1.165, 1.54) is 5.01 Å². The van der Waals surface area contributed by atoms with Crippen LogP contribution in [0.4, 0.5) is 16.2 Å². The summed E-state index contributed by atoms with van der Waals surface area (Å²) in [6, 6.07) is 13.1. The minimum atomic E-state index is -0.618. The van der Waals surface area contributed by atoms with Crippen LogP contribution >= 0.6 is 0 Å². The molecule has 0 aliphatic carbocycles. The summed E-state index contributed by atoms with van der Waals surface area (Å²) < 4.78 is 5.52. The van der Waals surface area contributed by atoms with Crippen LogP contribution in [0.2, 0.25) is 0 Å². The predicted molar refractivity (Wildman–Crippen MR) is 106 cm³/mol. The van der Waals surface area contributed by atoms with Crippen molar-refractivity contribution in [1.82, 2.24) is 4.98 Å². The highest BCUT2D eigenvalue weighted by molar-refractivity contribution is 6.00. The van der Waals surface area contributed by atoms with Crippen LogP contribution in [0.15, 0.2) is 53.8 Å². The molecule has 1 aromatic carbocycles. The largest absolute Gasteiger partial charge is 0.442 e. The molecule has 1 heterocycles. The summed E-state index contributed by atoms with van der Waals surface area (Å²) in [5.74, 6) is 0. The fraction of sp³-hybridized carbons (Fsp3) is 0.350. The third kappa shape index (κ3) is 5.31. The fourth-order valence-corrected chi connectivity index (χ4v) is 2.18. The first-order valence-corrected chi connectivity index (χ1v) is 8.44. The molecule has 138 valence electrons. The lowest BCUT2D eigenvalue weighted by Gasteiger charge is -2.25. The number of hydrogen-bond donors (Lipinski definition) is 0. The van der Waals surface area contributed by atoms with Crippen LogP contribution in [0.25, 0.3) is 0 Å². The molecule has 0 atom stereocenters. The second-order valence-corrected chi connectivity index (χ2v) is 7.10. The molecule has 0 aliphatic rings. The molecular formula is C20H26N4O2. The molecule has 0 aliphatic heterocycles. The standard InChI is InChI=1S/C20H26N4O2/c1-15(18-9-7-8-14-21-18)22-24(19(25)26-20(2,3)4)17-12-10-16(11-13-17)23(5)6/h7-14H,1-6H3. The smallest absolute Gasteiger partial charge is 0.435 e. The van der Waals surface area contributed by atoms with Crippen molar-refractivity contribution < 1.29 is 9.53 Å². The van der Waals surface area contributed by atoms with Gasteiger partial charge in [0.1, 0.15) is 5.60 Å². The highest BCUT2D eigenvalue weighted by Gasteiger charge is 2.24. The number of benzene rings is 1. The monoisotopic (exact) mass is 354 g/mol. The number of carbonyl (C=O) groups is 1. The Morgan fingerprint density at radius 2 is 1.65 bits per heavy atom. The van der Waals surface area contributed by atoms with Crippen molar-refractivity contribution in [3.8, 4) is 0 Å². The van der Waals surface area contributed by atoms with E-state index in [9.17, 15) is 4.79 Å². The molecule has 0 fully saturated rings. The number of amides is 1. The Morgan fingerprint density at radius 3 is 2.15 bits per heavy atom. The van der Waals surface area contributed by atoms with Gasteiger partial charge in [0.25, 0.3) is 0 Å². The van der Waals surface area contributed by atoms with Crippen LogP contribution in [-0.2, 0) is 4.74 Å². The lowest BCUT2D eigenvalue weighted by atomic mass is 10.2. The first kappa shape index (κ1) is 19.4. The van der Waals surface area contributed by atoms with Crippen LogP contribution in [0.1, 0.15) is 33.4 Å².